The van der Waals surface area contributed by atoms with Crippen molar-refractivity contribution in [2.75, 3.05) is 12.5 Å². The van der Waals surface area contributed by atoms with Crippen molar-refractivity contribution in [1.29, 1.82) is 0 Å². The maximum absolute atomic E-state index is 13.3. The number of benzene rings is 1. The zero-order valence-corrected chi connectivity index (χ0v) is 12.8. The molecule has 0 fully saturated rings. The molecule has 0 amide bonds. The summed E-state index contributed by atoms with van der Waals surface area (Å²) in [6, 6.07) is 4.46. The van der Waals surface area contributed by atoms with Crippen LogP contribution >= 0.6 is 11.6 Å². The molecule has 0 spiro atoms. The van der Waals surface area contributed by atoms with E-state index in [0.29, 0.717) is 24.7 Å². The number of hydrogen-bond donors (Lipinski definition) is 0. The van der Waals surface area contributed by atoms with E-state index < -0.39 is 0 Å². The summed E-state index contributed by atoms with van der Waals surface area (Å²) in [5, 5.41) is 0. The van der Waals surface area contributed by atoms with E-state index in [4.69, 9.17) is 16.3 Å². The molecule has 0 heterocycles. The fourth-order valence-corrected chi connectivity index (χ4v) is 1.91. The van der Waals surface area contributed by atoms with Crippen LogP contribution in [0.4, 0.5) is 4.39 Å². The summed E-state index contributed by atoms with van der Waals surface area (Å²) in [4.78, 5) is 0. The lowest BCUT2D eigenvalue weighted by Crippen LogP contribution is -1.99. The zero-order chi connectivity index (χ0) is 14.6. The molecule has 3 heteroatoms. The molecule has 0 N–H and O–H groups in total. The molecule has 0 radical (unpaired) electrons. The van der Waals surface area contributed by atoms with Gasteiger partial charge in [-0.3, -0.25) is 0 Å². The fourth-order valence-electron chi connectivity index (χ4n) is 1.81. The van der Waals surface area contributed by atoms with Crippen LogP contribution in [0.5, 0.6) is 5.75 Å². The standard InChI is InChI=1S/C17H22ClFO/c1-2-3-4-5-8-13-20-17-14-16(19)11-10-15(17)9-6-7-12-18/h10-11,14H,2-5,7-8,12-13H2,1H3. The average molecular weight is 297 g/mol. The van der Waals surface area contributed by atoms with E-state index in [2.05, 4.69) is 18.8 Å². The van der Waals surface area contributed by atoms with E-state index in [1.807, 2.05) is 0 Å². The third kappa shape index (κ3) is 6.82. The van der Waals surface area contributed by atoms with Gasteiger partial charge in [0.2, 0.25) is 0 Å². The molecule has 0 saturated heterocycles. The van der Waals surface area contributed by atoms with Crippen molar-refractivity contribution in [1.82, 2.24) is 0 Å². The highest BCUT2D eigenvalue weighted by Crippen LogP contribution is 2.19. The van der Waals surface area contributed by atoms with Gasteiger partial charge in [0.05, 0.1) is 12.2 Å². The summed E-state index contributed by atoms with van der Waals surface area (Å²) in [6.45, 7) is 2.80. The number of unbranched alkanes of at least 4 members (excludes halogenated alkanes) is 4. The van der Waals surface area contributed by atoms with E-state index in [1.54, 1.807) is 6.07 Å². The molecule has 1 nitrogen and oxygen atoms in total. The lowest BCUT2D eigenvalue weighted by atomic mass is 10.1. The van der Waals surface area contributed by atoms with E-state index in [-0.39, 0.29) is 5.82 Å². The minimum absolute atomic E-state index is 0.297. The topological polar surface area (TPSA) is 9.23 Å². The molecule has 110 valence electrons. The Morgan fingerprint density at radius 2 is 2.00 bits per heavy atom. The SMILES string of the molecule is CCCCCCCOc1cc(F)ccc1C#CCCCl. The Balaban J connectivity index is 2.50. The molecule has 0 aliphatic heterocycles. The summed E-state index contributed by atoms with van der Waals surface area (Å²) in [5.41, 5.74) is 0.727. The van der Waals surface area contributed by atoms with Crippen molar-refractivity contribution in [3.05, 3.63) is 29.6 Å². The first-order chi connectivity index (χ1) is 9.77. The van der Waals surface area contributed by atoms with Crippen molar-refractivity contribution < 1.29 is 9.13 Å². The van der Waals surface area contributed by atoms with E-state index in [0.717, 1.165) is 18.4 Å². The number of hydrogen-bond acceptors (Lipinski definition) is 1. The first-order valence-electron chi connectivity index (χ1n) is 7.25. The Hall–Kier alpha value is -1.20. The van der Waals surface area contributed by atoms with Crippen molar-refractivity contribution in [2.45, 2.75) is 45.4 Å². The van der Waals surface area contributed by atoms with E-state index in [9.17, 15) is 4.39 Å². The zero-order valence-electron chi connectivity index (χ0n) is 12.1. The Kier molecular flexibility index (Phi) is 8.91. The quantitative estimate of drug-likeness (QED) is 0.366. The highest BCUT2D eigenvalue weighted by atomic mass is 35.5. The molecule has 0 atom stereocenters. The van der Waals surface area contributed by atoms with Crippen LogP contribution in [0.3, 0.4) is 0 Å². The van der Waals surface area contributed by atoms with Crippen LogP contribution in [0.2, 0.25) is 0 Å². The van der Waals surface area contributed by atoms with Gasteiger partial charge in [0.15, 0.2) is 0 Å². The molecule has 0 aromatic heterocycles. The second-order valence-electron chi connectivity index (χ2n) is 4.64. The van der Waals surface area contributed by atoms with Gasteiger partial charge < -0.3 is 4.74 Å². The highest BCUT2D eigenvalue weighted by Gasteiger charge is 2.03. The van der Waals surface area contributed by atoms with Crippen molar-refractivity contribution in [2.24, 2.45) is 0 Å². The second kappa shape index (κ2) is 10.6. The maximum atomic E-state index is 13.3. The van der Waals surface area contributed by atoms with Gasteiger partial charge in [0, 0.05) is 18.4 Å². The monoisotopic (exact) mass is 296 g/mol. The highest BCUT2D eigenvalue weighted by molar-refractivity contribution is 6.18. The minimum atomic E-state index is -0.297. The van der Waals surface area contributed by atoms with Gasteiger partial charge in [-0.15, -0.1) is 11.6 Å². The first-order valence-corrected chi connectivity index (χ1v) is 7.78. The second-order valence-corrected chi connectivity index (χ2v) is 5.02. The number of halogens is 2. The normalized spacial score (nSPS) is 9.95. The number of rotatable bonds is 8. The molecular weight excluding hydrogens is 275 g/mol. The van der Waals surface area contributed by atoms with Gasteiger partial charge in [-0.2, -0.15) is 0 Å². The maximum Gasteiger partial charge on any atom is 0.137 e. The molecule has 0 saturated carbocycles. The Labute approximate surface area is 126 Å². The molecular formula is C17H22ClFO. The molecule has 0 aliphatic rings. The minimum Gasteiger partial charge on any atom is -0.492 e. The van der Waals surface area contributed by atoms with Crippen molar-refractivity contribution in [3.8, 4) is 17.6 Å². The smallest absolute Gasteiger partial charge is 0.137 e. The van der Waals surface area contributed by atoms with Crippen molar-refractivity contribution in [3.63, 3.8) is 0 Å². The Morgan fingerprint density at radius 3 is 2.75 bits per heavy atom. The van der Waals surface area contributed by atoms with Crippen LogP contribution in [-0.4, -0.2) is 12.5 Å². The first kappa shape index (κ1) is 16.9. The van der Waals surface area contributed by atoms with Crippen LogP contribution in [0.15, 0.2) is 18.2 Å². The van der Waals surface area contributed by atoms with Crippen LogP contribution in [0, 0.1) is 17.7 Å². The third-order valence-corrected chi connectivity index (χ3v) is 3.08. The summed E-state index contributed by atoms with van der Waals surface area (Å²) >= 11 is 5.58. The summed E-state index contributed by atoms with van der Waals surface area (Å²) in [7, 11) is 0. The van der Waals surface area contributed by atoms with Gasteiger partial charge in [-0.1, -0.05) is 44.4 Å². The van der Waals surface area contributed by atoms with Crippen LogP contribution in [0.1, 0.15) is 51.0 Å². The average Bonchev–Trinajstić information content (AvgIpc) is 2.45. The molecule has 1 rings (SSSR count). The predicted octanol–water partition coefficient (Wildman–Crippen LogP) is 5.16. The summed E-state index contributed by atoms with van der Waals surface area (Å²) in [5.74, 6) is 6.66. The van der Waals surface area contributed by atoms with E-state index >= 15 is 0 Å². The summed E-state index contributed by atoms with van der Waals surface area (Å²) in [6.07, 6.45) is 6.47. The number of ether oxygens (including phenoxy) is 1. The number of alkyl halides is 1. The van der Waals surface area contributed by atoms with Gasteiger partial charge in [-0.05, 0) is 18.6 Å². The van der Waals surface area contributed by atoms with Crippen molar-refractivity contribution >= 4 is 11.6 Å². The molecule has 20 heavy (non-hydrogen) atoms. The fraction of sp³-hybridized carbons (Fsp3) is 0.529. The third-order valence-electron chi connectivity index (χ3n) is 2.89. The molecule has 0 aliphatic carbocycles. The molecule has 1 aromatic rings. The Morgan fingerprint density at radius 1 is 1.20 bits per heavy atom. The van der Waals surface area contributed by atoms with Gasteiger partial charge >= 0.3 is 0 Å². The van der Waals surface area contributed by atoms with E-state index in [1.165, 1.54) is 31.4 Å². The predicted molar refractivity (Wildman–Crippen MR) is 82.9 cm³/mol. The van der Waals surface area contributed by atoms with Crippen LogP contribution in [0.25, 0.3) is 0 Å². The van der Waals surface area contributed by atoms with Crippen LogP contribution in [-0.2, 0) is 0 Å². The molecule has 1 aromatic carbocycles. The molecule has 0 unspecified atom stereocenters. The largest absolute Gasteiger partial charge is 0.492 e. The summed E-state index contributed by atoms with van der Waals surface area (Å²) < 4.78 is 18.9. The van der Waals surface area contributed by atoms with Gasteiger partial charge in [0.25, 0.3) is 0 Å². The lowest BCUT2D eigenvalue weighted by molar-refractivity contribution is 0.302. The van der Waals surface area contributed by atoms with Gasteiger partial charge in [0.1, 0.15) is 11.6 Å². The Bertz CT molecular complexity index is 448. The van der Waals surface area contributed by atoms with Gasteiger partial charge in [-0.25, -0.2) is 4.39 Å². The molecule has 0 bridgehead atoms. The lowest BCUT2D eigenvalue weighted by Gasteiger charge is -2.08. The van der Waals surface area contributed by atoms with Crippen LogP contribution < -0.4 is 4.74 Å².